The smallest absolute Gasteiger partial charge is 0.310 e. The molecular formula is C23H23FN2O5S2. The van der Waals surface area contributed by atoms with Gasteiger partial charge in [0.25, 0.3) is 0 Å². The Balaban J connectivity index is 1.38. The zero-order valence-corrected chi connectivity index (χ0v) is 19.6. The first-order valence-corrected chi connectivity index (χ1v) is 12.7. The van der Waals surface area contributed by atoms with Gasteiger partial charge in [0.2, 0.25) is 10.0 Å². The summed E-state index contributed by atoms with van der Waals surface area (Å²) in [6.07, 6.45) is 1.08. The van der Waals surface area contributed by atoms with Crippen molar-refractivity contribution in [3.8, 4) is 16.3 Å². The van der Waals surface area contributed by atoms with Gasteiger partial charge in [-0.1, -0.05) is 12.1 Å². The van der Waals surface area contributed by atoms with E-state index in [9.17, 15) is 17.6 Å². The van der Waals surface area contributed by atoms with Gasteiger partial charge in [-0.15, -0.1) is 11.3 Å². The number of thiazole rings is 1. The Morgan fingerprint density at radius 1 is 1.21 bits per heavy atom. The summed E-state index contributed by atoms with van der Waals surface area (Å²) in [5.74, 6) is -0.827. The van der Waals surface area contributed by atoms with E-state index in [4.69, 9.17) is 9.47 Å². The fraction of sp³-hybridized carbons (Fsp3) is 0.304. The number of rotatable bonds is 7. The normalized spacial score (nSPS) is 17.0. The van der Waals surface area contributed by atoms with Crippen molar-refractivity contribution in [2.45, 2.75) is 24.3 Å². The minimum Gasteiger partial charge on any atom is -0.496 e. The molecular weight excluding hydrogens is 467 g/mol. The second-order valence-corrected chi connectivity index (χ2v) is 10.4. The highest BCUT2D eigenvalue weighted by Gasteiger charge is 2.34. The Morgan fingerprint density at radius 2 is 1.97 bits per heavy atom. The number of halogens is 1. The van der Waals surface area contributed by atoms with Crippen LogP contribution < -0.4 is 4.74 Å². The lowest BCUT2D eigenvalue weighted by Gasteiger charge is -2.30. The van der Waals surface area contributed by atoms with Crippen LogP contribution in [0.15, 0.2) is 58.8 Å². The third-order valence-corrected chi connectivity index (χ3v) is 8.22. The second-order valence-electron chi connectivity index (χ2n) is 7.61. The van der Waals surface area contributed by atoms with E-state index in [1.165, 1.54) is 27.8 Å². The molecule has 174 valence electrons. The lowest BCUT2D eigenvalue weighted by Crippen LogP contribution is -2.42. The lowest BCUT2D eigenvalue weighted by atomic mass is 10.00. The summed E-state index contributed by atoms with van der Waals surface area (Å²) in [4.78, 5) is 17.2. The van der Waals surface area contributed by atoms with Gasteiger partial charge < -0.3 is 9.47 Å². The quantitative estimate of drug-likeness (QED) is 0.464. The molecule has 0 bridgehead atoms. The van der Waals surface area contributed by atoms with E-state index in [0.717, 1.165) is 22.7 Å². The second kappa shape index (κ2) is 9.98. The fourth-order valence-corrected chi connectivity index (χ4v) is 6.05. The molecule has 2 heterocycles. The molecule has 3 aromatic rings. The van der Waals surface area contributed by atoms with Crippen LogP contribution in [-0.4, -0.2) is 43.9 Å². The van der Waals surface area contributed by atoms with Gasteiger partial charge in [-0.25, -0.2) is 17.8 Å². The minimum atomic E-state index is -3.81. The SMILES string of the molecule is COc1ccccc1-c1nc(COC(=O)C2CCCN(S(=O)(=O)c3ccc(F)cc3)C2)cs1. The van der Waals surface area contributed by atoms with Crippen LogP contribution in [-0.2, 0) is 26.2 Å². The number of piperidine rings is 1. The number of carbonyl (C=O) groups excluding carboxylic acids is 1. The van der Waals surface area contributed by atoms with Gasteiger partial charge in [0.05, 0.1) is 29.2 Å². The Labute approximate surface area is 195 Å². The summed E-state index contributed by atoms with van der Waals surface area (Å²) < 4.78 is 51.0. The molecule has 7 nitrogen and oxygen atoms in total. The number of ether oxygens (including phenoxy) is 2. The van der Waals surface area contributed by atoms with Crippen LogP contribution in [0, 0.1) is 11.7 Å². The highest BCUT2D eigenvalue weighted by atomic mass is 32.2. The van der Waals surface area contributed by atoms with Gasteiger partial charge in [-0.2, -0.15) is 4.31 Å². The zero-order chi connectivity index (χ0) is 23.4. The average molecular weight is 491 g/mol. The summed E-state index contributed by atoms with van der Waals surface area (Å²) in [6, 6.07) is 12.2. The molecule has 1 aliphatic rings. The first-order chi connectivity index (χ1) is 15.9. The van der Waals surface area contributed by atoms with E-state index in [1.54, 1.807) is 7.11 Å². The molecule has 1 saturated heterocycles. The lowest BCUT2D eigenvalue weighted by molar-refractivity contribution is -0.151. The minimum absolute atomic E-state index is 0.00394. The van der Waals surface area contributed by atoms with Crippen LogP contribution in [0.4, 0.5) is 4.39 Å². The summed E-state index contributed by atoms with van der Waals surface area (Å²) in [5, 5.41) is 2.58. The summed E-state index contributed by atoms with van der Waals surface area (Å²) in [7, 11) is -2.21. The molecule has 0 saturated carbocycles. The third kappa shape index (κ3) is 5.23. The molecule has 0 aliphatic carbocycles. The summed E-state index contributed by atoms with van der Waals surface area (Å²) >= 11 is 1.43. The summed E-state index contributed by atoms with van der Waals surface area (Å²) in [6.45, 7) is 0.339. The predicted molar refractivity (Wildman–Crippen MR) is 122 cm³/mol. The van der Waals surface area contributed by atoms with Crippen LogP contribution in [0.25, 0.3) is 10.6 Å². The van der Waals surface area contributed by atoms with Gasteiger partial charge in [0, 0.05) is 18.5 Å². The van der Waals surface area contributed by atoms with Crippen LogP contribution in [0.5, 0.6) is 5.75 Å². The van der Waals surface area contributed by atoms with Crippen molar-refractivity contribution in [3.63, 3.8) is 0 Å². The number of sulfonamides is 1. The number of aromatic nitrogens is 1. The molecule has 0 N–H and O–H groups in total. The maximum absolute atomic E-state index is 13.2. The molecule has 4 rings (SSSR count). The van der Waals surface area contributed by atoms with Crippen molar-refractivity contribution in [1.82, 2.24) is 9.29 Å². The molecule has 1 fully saturated rings. The van der Waals surface area contributed by atoms with Crippen molar-refractivity contribution < 1.29 is 27.1 Å². The maximum Gasteiger partial charge on any atom is 0.310 e. The van der Waals surface area contributed by atoms with Crippen LogP contribution in [0.1, 0.15) is 18.5 Å². The van der Waals surface area contributed by atoms with Crippen molar-refractivity contribution in [1.29, 1.82) is 0 Å². The number of hydrogen-bond acceptors (Lipinski definition) is 7. The van der Waals surface area contributed by atoms with Crippen LogP contribution >= 0.6 is 11.3 Å². The van der Waals surface area contributed by atoms with Gasteiger partial charge in [0.1, 0.15) is 23.2 Å². The molecule has 0 spiro atoms. The number of benzene rings is 2. The van der Waals surface area contributed by atoms with Crippen molar-refractivity contribution in [3.05, 3.63) is 65.4 Å². The zero-order valence-electron chi connectivity index (χ0n) is 17.9. The first kappa shape index (κ1) is 23.3. The fourth-order valence-electron chi connectivity index (χ4n) is 3.69. The molecule has 0 amide bonds. The number of methoxy groups -OCH3 is 1. The van der Waals surface area contributed by atoms with E-state index >= 15 is 0 Å². The molecule has 2 aromatic carbocycles. The Hall–Kier alpha value is -2.82. The summed E-state index contributed by atoms with van der Waals surface area (Å²) in [5.41, 5.74) is 1.47. The number of para-hydroxylation sites is 1. The van der Waals surface area contributed by atoms with E-state index in [0.29, 0.717) is 30.8 Å². The third-order valence-electron chi connectivity index (χ3n) is 5.42. The average Bonchev–Trinajstić information content (AvgIpc) is 3.32. The van der Waals surface area contributed by atoms with E-state index in [1.807, 2.05) is 29.6 Å². The van der Waals surface area contributed by atoms with E-state index < -0.39 is 27.7 Å². The van der Waals surface area contributed by atoms with Gasteiger partial charge in [-0.3, -0.25) is 4.79 Å². The number of hydrogen-bond donors (Lipinski definition) is 0. The molecule has 0 radical (unpaired) electrons. The number of nitrogens with zero attached hydrogens (tertiary/aromatic N) is 2. The highest BCUT2D eigenvalue weighted by Crippen LogP contribution is 2.32. The topological polar surface area (TPSA) is 85.8 Å². The van der Waals surface area contributed by atoms with Crippen molar-refractivity contribution in [2.24, 2.45) is 5.92 Å². The maximum atomic E-state index is 13.2. The van der Waals surface area contributed by atoms with E-state index in [-0.39, 0.29) is 18.0 Å². The largest absolute Gasteiger partial charge is 0.496 e. The van der Waals surface area contributed by atoms with Crippen LogP contribution in [0.3, 0.4) is 0 Å². The number of carbonyl (C=O) groups is 1. The van der Waals surface area contributed by atoms with Gasteiger partial charge in [-0.05, 0) is 49.2 Å². The molecule has 33 heavy (non-hydrogen) atoms. The highest BCUT2D eigenvalue weighted by molar-refractivity contribution is 7.89. The van der Waals surface area contributed by atoms with Gasteiger partial charge >= 0.3 is 5.97 Å². The van der Waals surface area contributed by atoms with E-state index in [2.05, 4.69) is 4.98 Å². The van der Waals surface area contributed by atoms with Gasteiger partial charge in [0.15, 0.2) is 0 Å². The Morgan fingerprint density at radius 3 is 2.73 bits per heavy atom. The molecule has 1 aliphatic heterocycles. The molecule has 1 atom stereocenters. The monoisotopic (exact) mass is 490 g/mol. The molecule has 10 heteroatoms. The van der Waals surface area contributed by atoms with Crippen molar-refractivity contribution in [2.75, 3.05) is 20.2 Å². The Kier molecular flexibility index (Phi) is 7.06. The first-order valence-electron chi connectivity index (χ1n) is 10.4. The van der Waals surface area contributed by atoms with Crippen LogP contribution in [0.2, 0.25) is 0 Å². The standard InChI is InChI=1S/C23H23FN2O5S2/c1-30-21-7-3-2-6-20(21)22-25-18(15-32-22)14-31-23(27)16-5-4-12-26(13-16)33(28,29)19-10-8-17(24)9-11-19/h2-3,6-11,15-16H,4-5,12-14H2,1H3. The molecule has 1 unspecified atom stereocenters. The number of esters is 1. The predicted octanol–water partition coefficient (Wildman–Crippen LogP) is 4.10. The Bertz CT molecular complexity index is 1230. The molecule has 1 aromatic heterocycles. The van der Waals surface area contributed by atoms with Crippen molar-refractivity contribution >= 4 is 27.3 Å².